The summed E-state index contributed by atoms with van der Waals surface area (Å²) < 4.78 is 0. The van der Waals surface area contributed by atoms with Gasteiger partial charge in [0.15, 0.2) is 0 Å². The van der Waals surface area contributed by atoms with Crippen molar-refractivity contribution in [1.82, 2.24) is 0 Å². The number of hydrogen-bond donors (Lipinski definition) is 0. The van der Waals surface area contributed by atoms with Crippen LogP contribution in [-0.2, 0) is 0 Å². The van der Waals surface area contributed by atoms with Crippen LogP contribution in [0.25, 0.3) is 0 Å². The molecule has 1 unspecified atom stereocenters. The predicted molar refractivity (Wildman–Crippen MR) is 61.2 cm³/mol. The molecule has 1 aliphatic heterocycles. The molecule has 0 bridgehead atoms. The third kappa shape index (κ3) is 2.19. The molecule has 0 aromatic heterocycles. The normalized spacial score (nSPS) is 25.3. The van der Waals surface area contributed by atoms with Crippen LogP contribution in [0.4, 0.5) is 0 Å². The summed E-state index contributed by atoms with van der Waals surface area (Å²) in [6.45, 7) is 0. The van der Waals surface area contributed by atoms with Gasteiger partial charge in [-0.3, -0.25) is 4.99 Å². The summed E-state index contributed by atoms with van der Waals surface area (Å²) >= 11 is 0. The molecule has 1 nitrogen and oxygen atoms in total. The standard InChI is InChI=1S/C13H13N/c1-2-4-8-12(7-3-1)13-9-5-6-10-14-11-13/h1-13H. The van der Waals surface area contributed by atoms with Crippen molar-refractivity contribution in [3.8, 4) is 0 Å². The largest absolute Gasteiger partial charge is 0.268 e. The fraction of sp³-hybridized carbons (Fsp3) is 0.154. The Kier molecular flexibility index (Phi) is 2.92. The van der Waals surface area contributed by atoms with Gasteiger partial charge in [0.25, 0.3) is 0 Å². The summed E-state index contributed by atoms with van der Waals surface area (Å²) in [6.07, 6.45) is 22.7. The first-order valence-electron chi connectivity index (χ1n) is 4.85. The van der Waals surface area contributed by atoms with Crippen molar-refractivity contribution in [3.63, 3.8) is 0 Å². The minimum atomic E-state index is 0.373. The van der Waals surface area contributed by atoms with Crippen molar-refractivity contribution in [2.45, 2.75) is 0 Å². The van der Waals surface area contributed by atoms with Crippen LogP contribution in [0.2, 0.25) is 0 Å². The van der Waals surface area contributed by atoms with Crippen molar-refractivity contribution in [2.24, 2.45) is 16.8 Å². The Hall–Kier alpha value is -1.63. The Morgan fingerprint density at radius 1 is 0.643 bits per heavy atom. The molecule has 2 aliphatic rings. The fourth-order valence-corrected chi connectivity index (χ4v) is 1.55. The van der Waals surface area contributed by atoms with Gasteiger partial charge in [-0.1, -0.05) is 48.6 Å². The highest BCUT2D eigenvalue weighted by Crippen LogP contribution is 2.18. The van der Waals surface area contributed by atoms with E-state index in [4.69, 9.17) is 0 Å². The van der Waals surface area contributed by atoms with E-state index in [1.54, 1.807) is 0 Å². The molecule has 1 aliphatic carbocycles. The van der Waals surface area contributed by atoms with Crippen molar-refractivity contribution < 1.29 is 0 Å². The summed E-state index contributed by atoms with van der Waals surface area (Å²) in [6, 6.07) is 0. The van der Waals surface area contributed by atoms with Crippen molar-refractivity contribution in [1.29, 1.82) is 0 Å². The predicted octanol–water partition coefficient (Wildman–Crippen LogP) is 3.06. The van der Waals surface area contributed by atoms with Crippen molar-refractivity contribution >= 4 is 6.21 Å². The van der Waals surface area contributed by atoms with E-state index in [1.165, 1.54) is 0 Å². The first-order chi connectivity index (χ1) is 6.97. The van der Waals surface area contributed by atoms with Gasteiger partial charge in [0, 0.05) is 24.3 Å². The molecule has 0 fully saturated rings. The second-order valence-corrected chi connectivity index (χ2v) is 3.33. The maximum Gasteiger partial charge on any atom is 0.0264 e. The first-order valence-corrected chi connectivity index (χ1v) is 4.85. The highest BCUT2D eigenvalue weighted by molar-refractivity contribution is 5.66. The molecule has 2 rings (SSSR count). The Balaban J connectivity index is 2.15. The van der Waals surface area contributed by atoms with Gasteiger partial charge < -0.3 is 0 Å². The molecule has 0 saturated heterocycles. The van der Waals surface area contributed by atoms with E-state index in [0.29, 0.717) is 11.8 Å². The molecule has 0 amide bonds. The van der Waals surface area contributed by atoms with E-state index in [-0.39, 0.29) is 0 Å². The van der Waals surface area contributed by atoms with Crippen molar-refractivity contribution in [3.05, 3.63) is 60.9 Å². The van der Waals surface area contributed by atoms with Gasteiger partial charge in [0.05, 0.1) is 0 Å². The second-order valence-electron chi connectivity index (χ2n) is 3.33. The third-order valence-electron chi connectivity index (χ3n) is 2.32. The Morgan fingerprint density at radius 3 is 2.07 bits per heavy atom. The van der Waals surface area contributed by atoms with Crippen LogP contribution >= 0.6 is 0 Å². The number of rotatable bonds is 1. The minimum absolute atomic E-state index is 0.373. The van der Waals surface area contributed by atoms with Crippen LogP contribution in [0.1, 0.15) is 0 Å². The average molecular weight is 183 g/mol. The highest BCUT2D eigenvalue weighted by Gasteiger charge is 2.11. The Labute approximate surface area is 84.6 Å². The minimum Gasteiger partial charge on any atom is -0.268 e. The number of nitrogens with zero attached hydrogens (tertiary/aromatic N) is 1. The topological polar surface area (TPSA) is 12.4 Å². The maximum absolute atomic E-state index is 4.20. The lowest BCUT2D eigenvalue weighted by Crippen LogP contribution is -2.08. The Bertz CT molecular complexity index is 285. The lowest BCUT2D eigenvalue weighted by Gasteiger charge is -2.12. The number of hydrogen-bond acceptors (Lipinski definition) is 1. The smallest absolute Gasteiger partial charge is 0.0264 e. The van der Waals surface area contributed by atoms with E-state index in [9.17, 15) is 0 Å². The molecular formula is C13H13N. The van der Waals surface area contributed by atoms with Crippen molar-refractivity contribution in [2.75, 3.05) is 0 Å². The van der Waals surface area contributed by atoms with E-state index in [2.05, 4.69) is 41.4 Å². The molecule has 0 radical (unpaired) electrons. The molecule has 0 saturated carbocycles. The molecule has 1 atom stereocenters. The van der Waals surface area contributed by atoms with Gasteiger partial charge in [-0.25, -0.2) is 0 Å². The van der Waals surface area contributed by atoms with E-state index < -0.39 is 0 Å². The van der Waals surface area contributed by atoms with Crippen LogP contribution in [0.15, 0.2) is 65.9 Å². The molecule has 14 heavy (non-hydrogen) atoms. The zero-order valence-electron chi connectivity index (χ0n) is 7.95. The molecule has 70 valence electrons. The van der Waals surface area contributed by atoms with Gasteiger partial charge in [-0.15, -0.1) is 0 Å². The molecule has 0 aromatic rings. The van der Waals surface area contributed by atoms with Gasteiger partial charge in [-0.2, -0.15) is 0 Å². The van der Waals surface area contributed by atoms with Crippen LogP contribution in [0.5, 0.6) is 0 Å². The van der Waals surface area contributed by atoms with Gasteiger partial charge >= 0.3 is 0 Å². The lowest BCUT2D eigenvalue weighted by atomic mass is 9.92. The molecule has 1 heteroatoms. The highest BCUT2D eigenvalue weighted by atomic mass is 14.7. The van der Waals surface area contributed by atoms with Crippen LogP contribution in [-0.4, -0.2) is 6.21 Å². The molecule has 0 spiro atoms. The molecule has 0 aromatic carbocycles. The van der Waals surface area contributed by atoms with Crippen LogP contribution in [0.3, 0.4) is 0 Å². The summed E-state index contributed by atoms with van der Waals surface area (Å²) in [5, 5.41) is 0. The zero-order chi connectivity index (χ0) is 9.64. The molecular weight excluding hydrogens is 170 g/mol. The molecule has 1 heterocycles. The zero-order valence-corrected chi connectivity index (χ0v) is 7.95. The quantitative estimate of drug-likeness (QED) is 0.592. The van der Waals surface area contributed by atoms with Crippen LogP contribution in [0, 0.1) is 11.8 Å². The van der Waals surface area contributed by atoms with Crippen LogP contribution < -0.4 is 0 Å². The second kappa shape index (κ2) is 4.56. The van der Waals surface area contributed by atoms with Gasteiger partial charge in [-0.05, 0) is 6.08 Å². The average Bonchev–Trinajstić information content (AvgIpc) is 2.62. The van der Waals surface area contributed by atoms with Gasteiger partial charge in [0.1, 0.15) is 0 Å². The summed E-state index contributed by atoms with van der Waals surface area (Å²) in [4.78, 5) is 4.20. The van der Waals surface area contributed by atoms with E-state index in [1.807, 2.05) is 30.6 Å². The Morgan fingerprint density at radius 2 is 1.29 bits per heavy atom. The van der Waals surface area contributed by atoms with Gasteiger partial charge in [0.2, 0.25) is 0 Å². The maximum atomic E-state index is 4.20. The monoisotopic (exact) mass is 183 g/mol. The number of allylic oxidation sites excluding steroid dienone is 9. The third-order valence-corrected chi connectivity index (χ3v) is 2.32. The SMILES string of the molecule is C1=CC=CC(C2C=CC=CN=C2)C=C1. The number of aliphatic imine (C=N–C) groups is 1. The summed E-state index contributed by atoms with van der Waals surface area (Å²) in [5.41, 5.74) is 0. The van der Waals surface area contributed by atoms with E-state index in [0.717, 1.165) is 0 Å². The summed E-state index contributed by atoms with van der Waals surface area (Å²) in [7, 11) is 0. The molecule has 0 N–H and O–H groups in total. The van der Waals surface area contributed by atoms with E-state index >= 15 is 0 Å². The lowest BCUT2D eigenvalue weighted by molar-refractivity contribution is 0.725. The fourth-order valence-electron chi connectivity index (χ4n) is 1.55. The summed E-state index contributed by atoms with van der Waals surface area (Å²) in [5.74, 6) is 0.794. The first kappa shape index (κ1) is 8.95.